The average molecular weight is 289 g/mol. The van der Waals surface area contributed by atoms with Crippen molar-refractivity contribution in [2.75, 3.05) is 6.61 Å². The lowest BCUT2D eigenvalue weighted by Gasteiger charge is -2.14. The van der Waals surface area contributed by atoms with Gasteiger partial charge in [-0.05, 0) is 24.6 Å². The fraction of sp³-hybridized carbons (Fsp3) is 0.286. The molecule has 0 saturated heterocycles. The number of H-pyrrole nitrogens is 1. The second-order valence-electron chi connectivity index (χ2n) is 4.29. The lowest BCUT2D eigenvalue weighted by Crippen LogP contribution is -2.18. The molecule has 1 heterocycles. The van der Waals surface area contributed by atoms with Crippen LogP contribution in [0.2, 0.25) is 0 Å². The van der Waals surface area contributed by atoms with Crippen molar-refractivity contribution in [1.82, 2.24) is 10.3 Å². The van der Waals surface area contributed by atoms with Gasteiger partial charge in [0.05, 0.1) is 0 Å². The molecule has 1 aromatic carbocycles. The molecule has 0 radical (unpaired) electrons. The number of benzene rings is 1. The number of hydrogen-bond acceptors (Lipinski definition) is 5. The van der Waals surface area contributed by atoms with Crippen molar-refractivity contribution < 1.29 is 4.74 Å². The van der Waals surface area contributed by atoms with Crippen LogP contribution in [0.5, 0.6) is 5.75 Å². The molecular weight excluding hydrogens is 274 g/mol. The van der Waals surface area contributed by atoms with E-state index >= 15 is 0 Å². The first-order chi connectivity index (χ1) is 9.69. The van der Waals surface area contributed by atoms with Gasteiger partial charge in [-0.2, -0.15) is 5.26 Å². The maximum atomic E-state index is 11.0. The Balaban J connectivity index is 1.90. The van der Waals surface area contributed by atoms with Gasteiger partial charge in [0.15, 0.2) is 6.61 Å². The van der Waals surface area contributed by atoms with E-state index in [9.17, 15) is 4.79 Å². The summed E-state index contributed by atoms with van der Waals surface area (Å²) in [5.74, 6) is 0.685. The third-order valence-electron chi connectivity index (χ3n) is 2.85. The lowest BCUT2D eigenvalue weighted by molar-refractivity contribution is 0.368. The Morgan fingerprint density at radius 3 is 2.80 bits per heavy atom. The Morgan fingerprint density at radius 2 is 2.20 bits per heavy atom. The van der Waals surface area contributed by atoms with Crippen molar-refractivity contribution in [2.24, 2.45) is 0 Å². The first kappa shape index (κ1) is 14.3. The first-order valence-corrected chi connectivity index (χ1v) is 7.07. The number of nitriles is 1. The van der Waals surface area contributed by atoms with Gasteiger partial charge < -0.3 is 15.0 Å². The highest BCUT2D eigenvalue weighted by molar-refractivity contribution is 7.07. The zero-order valence-electron chi connectivity index (χ0n) is 11.1. The highest BCUT2D eigenvalue weighted by atomic mass is 32.1. The standard InChI is InChI=1S/C14H15N3O2S/c1-10(16-8-12-9-20-14(18)17-12)11-2-4-13(5-3-11)19-7-6-15/h2-5,9-10,16H,7-8H2,1H3,(H,17,18). The van der Waals surface area contributed by atoms with Gasteiger partial charge in [0.2, 0.25) is 0 Å². The Hall–Kier alpha value is -2.10. The molecule has 0 amide bonds. The summed E-state index contributed by atoms with van der Waals surface area (Å²) in [6, 6.07) is 9.69. The molecule has 0 saturated carbocycles. The molecule has 2 rings (SSSR count). The van der Waals surface area contributed by atoms with Crippen molar-refractivity contribution in [3.63, 3.8) is 0 Å². The van der Waals surface area contributed by atoms with Crippen LogP contribution in [0.4, 0.5) is 0 Å². The van der Waals surface area contributed by atoms with Crippen LogP contribution >= 0.6 is 11.3 Å². The summed E-state index contributed by atoms with van der Waals surface area (Å²) in [7, 11) is 0. The molecule has 1 unspecified atom stereocenters. The zero-order chi connectivity index (χ0) is 14.4. The monoisotopic (exact) mass is 289 g/mol. The van der Waals surface area contributed by atoms with Crippen LogP contribution in [0.25, 0.3) is 0 Å². The second-order valence-corrected chi connectivity index (χ2v) is 5.13. The molecular formula is C14H15N3O2S. The summed E-state index contributed by atoms with van der Waals surface area (Å²) < 4.78 is 5.20. The second kappa shape index (κ2) is 6.89. The maximum Gasteiger partial charge on any atom is 0.304 e. The molecule has 2 aromatic rings. The van der Waals surface area contributed by atoms with E-state index in [-0.39, 0.29) is 17.5 Å². The fourth-order valence-corrected chi connectivity index (χ4v) is 2.33. The third-order valence-corrected chi connectivity index (χ3v) is 3.57. The minimum Gasteiger partial charge on any atom is -0.479 e. The van der Waals surface area contributed by atoms with Crippen LogP contribution in [0.3, 0.4) is 0 Å². The van der Waals surface area contributed by atoms with Crippen molar-refractivity contribution in [3.05, 3.63) is 50.6 Å². The molecule has 0 spiro atoms. The van der Waals surface area contributed by atoms with E-state index in [1.54, 1.807) is 0 Å². The summed E-state index contributed by atoms with van der Waals surface area (Å²) in [6.07, 6.45) is 0. The van der Waals surface area contributed by atoms with Gasteiger partial charge in [-0.1, -0.05) is 23.5 Å². The minimum atomic E-state index is -0.0338. The molecule has 0 aliphatic carbocycles. The summed E-state index contributed by atoms with van der Waals surface area (Å²) >= 11 is 1.17. The normalized spacial score (nSPS) is 11.8. The average Bonchev–Trinajstić information content (AvgIpc) is 2.89. The molecule has 0 aliphatic heterocycles. The fourth-order valence-electron chi connectivity index (χ4n) is 1.75. The van der Waals surface area contributed by atoms with Gasteiger partial charge in [0, 0.05) is 23.7 Å². The number of aromatic amines is 1. The molecule has 0 fully saturated rings. The SMILES string of the molecule is CC(NCc1csc(=O)[nH]1)c1ccc(OCC#N)cc1. The van der Waals surface area contributed by atoms with E-state index in [0.717, 1.165) is 11.3 Å². The summed E-state index contributed by atoms with van der Waals surface area (Å²) in [6.45, 7) is 2.72. The summed E-state index contributed by atoms with van der Waals surface area (Å²) in [4.78, 5) is 13.8. The molecule has 0 bridgehead atoms. The highest BCUT2D eigenvalue weighted by Crippen LogP contribution is 2.17. The first-order valence-electron chi connectivity index (χ1n) is 6.19. The van der Waals surface area contributed by atoms with Crippen molar-refractivity contribution >= 4 is 11.3 Å². The number of rotatable bonds is 6. The van der Waals surface area contributed by atoms with E-state index in [1.165, 1.54) is 11.3 Å². The summed E-state index contributed by atoms with van der Waals surface area (Å²) in [5, 5.41) is 13.6. The molecule has 2 N–H and O–H groups in total. The van der Waals surface area contributed by atoms with E-state index < -0.39 is 0 Å². The van der Waals surface area contributed by atoms with Crippen molar-refractivity contribution in [2.45, 2.75) is 19.5 Å². The molecule has 0 aliphatic rings. The Labute approximate surface area is 120 Å². The van der Waals surface area contributed by atoms with Crippen molar-refractivity contribution in [1.29, 1.82) is 5.26 Å². The third kappa shape index (κ3) is 3.95. The van der Waals surface area contributed by atoms with Crippen molar-refractivity contribution in [3.8, 4) is 11.8 Å². The number of aromatic nitrogens is 1. The van der Waals surface area contributed by atoms with E-state index in [4.69, 9.17) is 10.00 Å². The topological polar surface area (TPSA) is 77.9 Å². The Morgan fingerprint density at radius 1 is 1.45 bits per heavy atom. The Kier molecular flexibility index (Phi) is 4.93. The quantitative estimate of drug-likeness (QED) is 0.854. The Bertz CT molecular complexity index is 639. The molecule has 20 heavy (non-hydrogen) atoms. The maximum absolute atomic E-state index is 11.0. The zero-order valence-corrected chi connectivity index (χ0v) is 11.9. The van der Waals surface area contributed by atoms with Gasteiger partial charge >= 0.3 is 4.87 Å². The highest BCUT2D eigenvalue weighted by Gasteiger charge is 2.06. The molecule has 104 valence electrons. The van der Waals surface area contributed by atoms with Crippen LogP contribution in [-0.4, -0.2) is 11.6 Å². The number of hydrogen-bond donors (Lipinski definition) is 2. The van der Waals surface area contributed by atoms with Gasteiger partial charge in [-0.3, -0.25) is 4.79 Å². The molecule has 5 nitrogen and oxygen atoms in total. The largest absolute Gasteiger partial charge is 0.479 e. The number of ether oxygens (including phenoxy) is 1. The number of nitrogens with one attached hydrogen (secondary N) is 2. The van der Waals surface area contributed by atoms with Crippen LogP contribution < -0.4 is 14.9 Å². The van der Waals surface area contributed by atoms with Crippen LogP contribution in [-0.2, 0) is 6.54 Å². The predicted octanol–water partition coefficient (Wildman–Crippen LogP) is 2.19. The van der Waals surface area contributed by atoms with Crippen LogP contribution in [0, 0.1) is 11.3 Å². The number of nitrogens with zero attached hydrogens (tertiary/aromatic N) is 1. The molecule has 1 atom stereocenters. The van der Waals surface area contributed by atoms with E-state index in [2.05, 4.69) is 17.2 Å². The van der Waals surface area contributed by atoms with Gasteiger partial charge in [0.25, 0.3) is 0 Å². The van der Waals surface area contributed by atoms with Crippen LogP contribution in [0.15, 0.2) is 34.4 Å². The molecule has 6 heteroatoms. The van der Waals surface area contributed by atoms with E-state index in [0.29, 0.717) is 12.3 Å². The number of thiazole rings is 1. The smallest absolute Gasteiger partial charge is 0.304 e. The van der Waals surface area contributed by atoms with Gasteiger partial charge in [-0.15, -0.1) is 0 Å². The van der Waals surface area contributed by atoms with Gasteiger partial charge in [0.1, 0.15) is 11.8 Å². The van der Waals surface area contributed by atoms with Gasteiger partial charge in [-0.25, -0.2) is 0 Å². The summed E-state index contributed by atoms with van der Waals surface area (Å²) in [5.41, 5.74) is 2.01. The van der Waals surface area contributed by atoms with Crippen LogP contribution in [0.1, 0.15) is 24.2 Å². The lowest BCUT2D eigenvalue weighted by atomic mass is 10.1. The predicted molar refractivity (Wildman–Crippen MR) is 77.7 cm³/mol. The molecule has 1 aromatic heterocycles. The van der Waals surface area contributed by atoms with E-state index in [1.807, 2.05) is 35.7 Å². The minimum absolute atomic E-state index is 0.0338.